The van der Waals surface area contributed by atoms with Crippen molar-refractivity contribution in [3.05, 3.63) is 53.9 Å². The molecule has 3 atom stereocenters. The largest absolute Gasteiger partial charge is 0.478 e. The molecule has 3 aromatic rings. The van der Waals surface area contributed by atoms with Gasteiger partial charge in [-0.25, -0.2) is 4.98 Å². The van der Waals surface area contributed by atoms with Gasteiger partial charge >= 0.3 is 0 Å². The lowest BCUT2D eigenvalue weighted by Gasteiger charge is -2.45. The van der Waals surface area contributed by atoms with Crippen molar-refractivity contribution in [3.8, 4) is 5.88 Å². The van der Waals surface area contributed by atoms with Crippen LogP contribution in [-0.2, 0) is 6.42 Å². The van der Waals surface area contributed by atoms with Crippen molar-refractivity contribution in [2.75, 3.05) is 25.5 Å². The molecule has 5 heteroatoms. The number of fused-ring (bicyclic) bond motifs is 2. The monoisotopic (exact) mass is 390 g/mol. The van der Waals surface area contributed by atoms with E-state index in [0.29, 0.717) is 23.9 Å². The fraction of sp³-hybridized carbons (Fsp3) is 0.458. The van der Waals surface area contributed by atoms with Crippen molar-refractivity contribution in [1.29, 1.82) is 0 Å². The second kappa shape index (κ2) is 7.71. The molecule has 2 aliphatic rings. The molecular weight excluding hydrogens is 360 g/mol. The highest BCUT2D eigenvalue weighted by Gasteiger charge is 2.39. The number of unbranched alkanes of at least 4 members (excludes halogenated alkanes) is 1. The Morgan fingerprint density at radius 3 is 3.03 bits per heavy atom. The molecule has 2 N–H and O–H groups in total. The molecule has 3 heterocycles. The molecule has 1 unspecified atom stereocenters. The number of piperidine rings is 1. The van der Waals surface area contributed by atoms with E-state index in [0.717, 1.165) is 44.5 Å². The third kappa shape index (κ3) is 3.48. The minimum atomic E-state index is 0.408. The number of hydrogen-bond acceptors (Lipinski definition) is 4. The smallest absolute Gasteiger partial charge is 0.213 e. The van der Waals surface area contributed by atoms with Gasteiger partial charge in [0, 0.05) is 47.7 Å². The molecular formula is C24H30N4O. The van der Waals surface area contributed by atoms with E-state index >= 15 is 0 Å². The number of nitrogens with zero attached hydrogens (tertiary/aromatic N) is 2. The van der Waals surface area contributed by atoms with Crippen LogP contribution in [0.25, 0.3) is 10.9 Å². The lowest BCUT2D eigenvalue weighted by atomic mass is 9.74. The van der Waals surface area contributed by atoms with Crippen molar-refractivity contribution in [2.45, 2.75) is 50.6 Å². The number of aromatic amines is 1. The van der Waals surface area contributed by atoms with Crippen molar-refractivity contribution < 1.29 is 4.74 Å². The van der Waals surface area contributed by atoms with E-state index in [1.54, 1.807) is 0 Å². The van der Waals surface area contributed by atoms with E-state index in [1.807, 2.05) is 12.3 Å². The lowest BCUT2D eigenvalue weighted by Crippen LogP contribution is -2.51. The summed E-state index contributed by atoms with van der Waals surface area (Å²) in [5, 5.41) is 5.18. The van der Waals surface area contributed by atoms with Crippen molar-refractivity contribution in [1.82, 2.24) is 14.9 Å². The topological polar surface area (TPSA) is 53.2 Å². The van der Waals surface area contributed by atoms with E-state index < -0.39 is 0 Å². The summed E-state index contributed by atoms with van der Waals surface area (Å²) in [6.07, 6.45) is 8.59. The first-order valence-corrected chi connectivity index (χ1v) is 10.9. The Hall–Kier alpha value is -2.53. The van der Waals surface area contributed by atoms with Crippen LogP contribution < -0.4 is 10.1 Å². The summed E-state index contributed by atoms with van der Waals surface area (Å²) in [6.45, 7) is 3.95. The maximum Gasteiger partial charge on any atom is 0.213 e. The minimum absolute atomic E-state index is 0.408. The van der Waals surface area contributed by atoms with Crippen molar-refractivity contribution in [2.24, 2.45) is 0 Å². The number of aromatic nitrogens is 2. The third-order valence-electron chi connectivity index (χ3n) is 6.58. The van der Waals surface area contributed by atoms with Gasteiger partial charge in [-0.2, -0.15) is 0 Å². The number of likely N-dealkylation sites (N-methyl/N-ethyl adjacent to an activating group) is 1. The van der Waals surface area contributed by atoms with Crippen LogP contribution in [0.5, 0.6) is 5.88 Å². The van der Waals surface area contributed by atoms with Crippen LogP contribution in [0.4, 0.5) is 5.69 Å². The number of benzene rings is 1. The number of H-pyrrole nitrogens is 1. The Labute approximate surface area is 172 Å². The van der Waals surface area contributed by atoms with Gasteiger partial charge in [-0.05, 0) is 49.6 Å². The van der Waals surface area contributed by atoms with Crippen LogP contribution in [0.1, 0.15) is 43.2 Å². The third-order valence-corrected chi connectivity index (χ3v) is 6.58. The molecule has 1 aliphatic carbocycles. The normalized spacial score (nSPS) is 23.7. The molecule has 0 amide bonds. The van der Waals surface area contributed by atoms with Crippen LogP contribution in [0, 0.1) is 0 Å². The van der Waals surface area contributed by atoms with E-state index in [2.05, 4.69) is 64.6 Å². The predicted octanol–water partition coefficient (Wildman–Crippen LogP) is 4.57. The van der Waals surface area contributed by atoms with Crippen LogP contribution in [0.15, 0.2) is 42.7 Å². The van der Waals surface area contributed by atoms with E-state index in [1.165, 1.54) is 22.0 Å². The summed E-state index contributed by atoms with van der Waals surface area (Å²) in [6, 6.07) is 11.8. The van der Waals surface area contributed by atoms with Crippen LogP contribution in [0.3, 0.4) is 0 Å². The van der Waals surface area contributed by atoms with Crippen LogP contribution in [0.2, 0.25) is 0 Å². The Kier molecular flexibility index (Phi) is 4.92. The van der Waals surface area contributed by atoms with Crippen molar-refractivity contribution in [3.63, 3.8) is 0 Å². The van der Waals surface area contributed by atoms with Gasteiger partial charge in [-0.15, -0.1) is 0 Å². The number of nitrogens with one attached hydrogen (secondary N) is 2. The number of anilines is 1. The molecule has 0 bridgehead atoms. The molecule has 0 spiro atoms. The number of ether oxygens (including phenoxy) is 1. The van der Waals surface area contributed by atoms with Crippen LogP contribution in [-0.4, -0.2) is 47.2 Å². The highest BCUT2D eigenvalue weighted by molar-refractivity contribution is 5.88. The van der Waals surface area contributed by atoms with Gasteiger partial charge in [0.25, 0.3) is 0 Å². The molecule has 29 heavy (non-hydrogen) atoms. The van der Waals surface area contributed by atoms with Gasteiger partial charge < -0.3 is 19.9 Å². The number of likely N-dealkylation sites (tertiary alicyclic amines) is 1. The SMILES string of the molecule is CCCCOc1ccc(N[C@@H]2CC3c4cccc5[nH]cc(c45)C[C@H]3N(C)C2)cn1. The quantitative estimate of drug-likeness (QED) is 0.606. The highest BCUT2D eigenvalue weighted by Crippen LogP contribution is 2.43. The highest BCUT2D eigenvalue weighted by atomic mass is 16.5. The molecule has 5 rings (SSSR count). The Balaban J connectivity index is 1.32. The average Bonchev–Trinajstić information content (AvgIpc) is 3.15. The average molecular weight is 391 g/mol. The standard InChI is InChI=1S/C24H30N4O/c1-3-4-10-29-23-9-8-17(14-26-23)27-18-12-20-19-6-5-7-21-24(19)16(13-25-21)11-22(20)28(2)15-18/h5-9,13-14,18,20,22,25,27H,3-4,10-12,15H2,1-2H3/t18-,20?,22-/m1/s1. The molecule has 1 aromatic carbocycles. The van der Waals surface area contributed by atoms with E-state index in [4.69, 9.17) is 4.74 Å². The number of pyridine rings is 1. The summed E-state index contributed by atoms with van der Waals surface area (Å²) >= 11 is 0. The first-order valence-electron chi connectivity index (χ1n) is 10.9. The number of rotatable bonds is 6. The van der Waals surface area contributed by atoms with E-state index in [-0.39, 0.29) is 0 Å². The van der Waals surface area contributed by atoms with Gasteiger partial charge in [-0.1, -0.05) is 25.5 Å². The predicted molar refractivity (Wildman–Crippen MR) is 118 cm³/mol. The van der Waals surface area contributed by atoms with Crippen LogP contribution >= 0.6 is 0 Å². The maximum absolute atomic E-state index is 5.69. The zero-order valence-corrected chi connectivity index (χ0v) is 17.3. The minimum Gasteiger partial charge on any atom is -0.478 e. The van der Waals surface area contributed by atoms with Gasteiger partial charge in [0.2, 0.25) is 5.88 Å². The Bertz CT molecular complexity index is 980. The summed E-state index contributed by atoms with van der Waals surface area (Å²) in [4.78, 5) is 10.5. The maximum atomic E-state index is 5.69. The first kappa shape index (κ1) is 18.5. The van der Waals surface area contributed by atoms with Gasteiger partial charge in [0.1, 0.15) is 0 Å². The zero-order valence-electron chi connectivity index (χ0n) is 17.3. The Morgan fingerprint density at radius 1 is 1.28 bits per heavy atom. The van der Waals surface area contributed by atoms with Gasteiger partial charge in [0.05, 0.1) is 18.5 Å². The second-order valence-corrected chi connectivity index (χ2v) is 8.57. The molecule has 0 radical (unpaired) electrons. The molecule has 152 valence electrons. The molecule has 2 aromatic heterocycles. The fourth-order valence-corrected chi connectivity index (χ4v) is 5.15. The second-order valence-electron chi connectivity index (χ2n) is 8.57. The number of hydrogen-bond donors (Lipinski definition) is 2. The molecule has 1 saturated heterocycles. The molecule has 0 saturated carbocycles. The zero-order chi connectivity index (χ0) is 19.8. The van der Waals surface area contributed by atoms with Gasteiger partial charge in [-0.3, -0.25) is 0 Å². The summed E-state index contributed by atoms with van der Waals surface area (Å²) < 4.78 is 5.69. The Morgan fingerprint density at radius 2 is 2.21 bits per heavy atom. The summed E-state index contributed by atoms with van der Waals surface area (Å²) in [5.41, 5.74) is 5.32. The van der Waals surface area contributed by atoms with Gasteiger partial charge in [0.15, 0.2) is 0 Å². The molecule has 5 nitrogen and oxygen atoms in total. The summed E-state index contributed by atoms with van der Waals surface area (Å²) in [7, 11) is 2.27. The fourth-order valence-electron chi connectivity index (χ4n) is 5.15. The van der Waals surface area contributed by atoms with Crippen molar-refractivity contribution >= 4 is 16.6 Å². The molecule has 1 aliphatic heterocycles. The summed E-state index contributed by atoms with van der Waals surface area (Å²) in [5.74, 6) is 1.27. The van der Waals surface area contributed by atoms with E-state index in [9.17, 15) is 0 Å². The first-order chi connectivity index (χ1) is 14.2. The molecule has 1 fully saturated rings. The lowest BCUT2D eigenvalue weighted by molar-refractivity contribution is 0.147.